The number of benzene rings is 2. The van der Waals surface area contributed by atoms with Crippen LogP contribution in [-0.4, -0.2) is 161 Å². The van der Waals surface area contributed by atoms with Gasteiger partial charge in [0.25, 0.3) is 0 Å². The van der Waals surface area contributed by atoms with E-state index in [0.29, 0.717) is 0 Å². The van der Waals surface area contributed by atoms with Crippen LogP contribution < -0.4 is 14.9 Å². The Kier molecular flexibility index (Phi) is 10.6. The molecule has 20 nitrogen and oxygen atoms in total. The molecule has 3 fully saturated rings. The maximum absolute atomic E-state index is 13.9. The first-order valence-electron chi connectivity index (χ1n) is 15.5. The van der Waals surface area contributed by atoms with E-state index in [1.54, 1.807) is 0 Å². The van der Waals surface area contributed by atoms with Crippen LogP contribution in [0.4, 0.5) is 0 Å². The van der Waals surface area contributed by atoms with E-state index in [1.165, 1.54) is 6.07 Å². The molecule has 4 heterocycles. The molecule has 13 unspecified atom stereocenters. The first kappa shape index (κ1) is 36.9. The third kappa shape index (κ3) is 7.02. The molecule has 12 N–H and O–H groups in total. The molecule has 0 spiro atoms. The molecule has 51 heavy (non-hydrogen) atoms. The fourth-order valence-electron chi connectivity index (χ4n) is 5.77. The number of phenolic OH excluding ortho intramolecular Hbond substituents is 3. The van der Waals surface area contributed by atoms with Gasteiger partial charge in [0.05, 0.1) is 19.8 Å². The maximum atomic E-state index is 13.9. The number of hydrogen-bond donors (Lipinski definition) is 12. The topological polar surface area (TPSA) is 328 Å². The third-order valence-corrected chi connectivity index (χ3v) is 8.68. The normalized spacial score (nSPS) is 35.8. The van der Waals surface area contributed by atoms with Crippen LogP contribution in [0.15, 0.2) is 39.5 Å². The minimum atomic E-state index is -1.95. The van der Waals surface area contributed by atoms with Crippen molar-refractivity contribution < 1.29 is 94.1 Å². The smallest absolute Gasteiger partial charge is 0.239 e. The van der Waals surface area contributed by atoms with Crippen LogP contribution in [0.5, 0.6) is 28.7 Å². The van der Waals surface area contributed by atoms with Gasteiger partial charge < -0.3 is 94.1 Å². The van der Waals surface area contributed by atoms with Gasteiger partial charge in [-0.05, 0) is 18.2 Å². The van der Waals surface area contributed by atoms with Crippen molar-refractivity contribution in [3.8, 4) is 40.1 Å². The van der Waals surface area contributed by atoms with Crippen LogP contribution in [0, 0.1) is 0 Å². The SMILES string of the molecule is O=c1c(OC2OCC(OC3OCC(O)C(O)C3O)C(O)C2O)c(-c2ccc(O)c(O)c2)oc2cc(OC3OC(CO)C(O)C(O)C3O)cc(O)c12. The van der Waals surface area contributed by atoms with Crippen molar-refractivity contribution in [1.82, 2.24) is 0 Å². The van der Waals surface area contributed by atoms with E-state index >= 15 is 0 Å². The van der Waals surface area contributed by atoms with Gasteiger partial charge in [-0.2, -0.15) is 0 Å². The number of phenols is 3. The van der Waals surface area contributed by atoms with Gasteiger partial charge in [0.2, 0.25) is 23.8 Å². The molecule has 13 atom stereocenters. The summed E-state index contributed by atoms with van der Waals surface area (Å²) in [5, 5.41) is 122. The van der Waals surface area contributed by atoms with E-state index < -0.39 is 139 Å². The quantitative estimate of drug-likeness (QED) is 0.0984. The minimum Gasteiger partial charge on any atom is -0.507 e. The van der Waals surface area contributed by atoms with Crippen LogP contribution in [-0.2, 0) is 18.9 Å². The van der Waals surface area contributed by atoms with Crippen molar-refractivity contribution in [2.45, 2.75) is 79.9 Å². The van der Waals surface area contributed by atoms with E-state index in [9.17, 15) is 66.1 Å². The van der Waals surface area contributed by atoms with Gasteiger partial charge in [-0.1, -0.05) is 0 Å². The summed E-state index contributed by atoms with van der Waals surface area (Å²) in [5.41, 5.74) is -1.51. The van der Waals surface area contributed by atoms with E-state index in [-0.39, 0.29) is 16.9 Å². The van der Waals surface area contributed by atoms with Crippen LogP contribution in [0.1, 0.15) is 0 Å². The highest BCUT2D eigenvalue weighted by Gasteiger charge is 2.47. The summed E-state index contributed by atoms with van der Waals surface area (Å²) in [6, 6.07) is 5.28. The molecule has 0 radical (unpaired) electrons. The van der Waals surface area contributed by atoms with Crippen molar-refractivity contribution in [3.05, 3.63) is 40.6 Å². The summed E-state index contributed by atoms with van der Waals surface area (Å²) < 4.78 is 38.7. The van der Waals surface area contributed by atoms with Crippen molar-refractivity contribution in [3.63, 3.8) is 0 Å². The monoisotopic (exact) mass is 728 g/mol. The predicted octanol–water partition coefficient (Wildman–Crippen LogP) is -3.96. The van der Waals surface area contributed by atoms with Gasteiger partial charge >= 0.3 is 0 Å². The lowest BCUT2D eigenvalue weighted by Gasteiger charge is -2.41. The average molecular weight is 729 g/mol. The number of ether oxygens (including phenoxy) is 6. The zero-order valence-electron chi connectivity index (χ0n) is 26.1. The average Bonchev–Trinajstić information content (AvgIpc) is 3.10. The van der Waals surface area contributed by atoms with Gasteiger partial charge in [0, 0.05) is 17.7 Å². The molecule has 3 aliphatic heterocycles. The summed E-state index contributed by atoms with van der Waals surface area (Å²) in [7, 11) is 0. The Balaban J connectivity index is 1.31. The lowest BCUT2D eigenvalue weighted by Crippen LogP contribution is -2.60. The van der Waals surface area contributed by atoms with Gasteiger partial charge in [-0.3, -0.25) is 4.79 Å². The Morgan fingerprint density at radius 3 is 2.08 bits per heavy atom. The largest absolute Gasteiger partial charge is 0.507 e. The number of rotatable bonds is 8. The van der Waals surface area contributed by atoms with Gasteiger partial charge in [-0.25, -0.2) is 0 Å². The molecule has 6 rings (SSSR count). The van der Waals surface area contributed by atoms with E-state index in [0.717, 1.165) is 24.3 Å². The Labute approximate surface area is 285 Å². The summed E-state index contributed by atoms with van der Waals surface area (Å²) in [5.74, 6) is -3.37. The zero-order chi connectivity index (χ0) is 36.9. The fraction of sp³-hybridized carbons (Fsp3) is 0.516. The molecule has 0 saturated carbocycles. The summed E-state index contributed by atoms with van der Waals surface area (Å²) in [4.78, 5) is 13.9. The summed E-state index contributed by atoms with van der Waals surface area (Å²) >= 11 is 0. The Bertz CT molecular complexity index is 1760. The first-order valence-corrected chi connectivity index (χ1v) is 15.5. The van der Waals surface area contributed by atoms with Crippen LogP contribution in [0.2, 0.25) is 0 Å². The molecule has 280 valence electrons. The van der Waals surface area contributed by atoms with E-state index in [2.05, 4.69) is 0 Å². The fourth-order valence-corrected chi connectivity index (χ4v) is 5.77. The molecule has 3 aromatic rings. The molecular weight excluding hydrogens is 692 g/mol. The second kappa shape index (κ2) is 14.6. The van der Waals surface area contributed by atoms with E-state index in [1.807, 2.05) is 0 Å². The molecule has 0 bridgehead atoms. The molecule has 0 aliphatic carbocycles. The predicted molar refractivity (Wildman–Crippen MR) is 162 cm³/mol. The molecule has 3 saturated heterocycles. The number of aliphatic hydroxyl groups is 9. The van der Waals surface area contributed by atoms with Crippen molar-refractivity contribution >= 4 is 11.0 Å². The highest BCUT2D eigenvalue weighted by Crippen LogP contribution is 2.40. The van der Waals surface area contributed by atoms with Crippen LogP contribution in [0.25, 0.3) is 22.3 Å². The molecule has 3 aliphatic rings. The molecule has 20 heteroatoms. The Morgan fingerprint density at radius 1 is 0.686 bits per heavy atom. The third-order valence-electron chi connectivity index (χ3n) is 8.68. The Hall–Kier alpha value is -3.87. The first-order chi connectivity index (χ1) is 24.2. The Morgan fingerprint density at radius 2 is 1.37 bits per heavy atom. The van der Waals surface area contributed by atoms with E-state index in [4.69, 9.17) is 32.8 Å². The second-order valence-electron chi connectivity index (χ2n) is 12.1. The highest BCUT2D eigenvalue weighted by atomic mass is 16.7. The van der Waals surface area contributed by atoms with Crippen molar-refractivity contribution in [2.75, 3.05) is 19.8 Å². The lowest BCUT2D eigenvalue weighted by molar-refractivity contribution is -0.320. The molecule has 0 amide bonds. The van der Waals surface area contributed by atoms with Crippen LogP contribution in [0.3, 0.4) is 0 Å². The zero-order valence-corrected chi connectivity index (χ0v) is 26.1. The van der Waals surface area contributed by atoms with Crippen molar-refractivity contribution in [2.24, 2.45) is 0 Å². The number of aliphatic hydroxyl groups excluding tert-OH is 9. The van der Waals surface area contributed by atoms with Gasteiger partial charge in [0.15, 0.2) is 23.5 Å². The number of fused-ring (bicyclic) bond motifs is 1. The lowest BCUT2D eigenvalue weighted by atomic mass is 9.99. The number of aromatic hydroxyl groups is 3. The minimum absolute atomic E-state index is 0.0738. The van der Waals surface area contributed by atoms with Crippen molar-refractivity contribution in [1.29, 1.82) is 0 Å². The number of hydrogen-bond acceptors (Lipinski definition) is 20. The molecule has 2 aromatic carbocycles. The summed E-state index contributed by atoms with van der Waals surface area (Å²) in [6.45, 7) is -1.67. The molecular formula is C31H36O20. The maximum Gasteiger partial charge on any atom is 0.239 e. The highest BCUT2D eigenvalue weighted by molar-refractivity contribution is 5.88. The van der Waals surface area contributed by atoms with Crippen LogP contribution >= 0.6 is 0 Å². The van der Waals surface area contributed by atoms with Gasteiger partial charge in [0.1, 0.15) is 83.5 Å². The summed E-state index contributed by atoms with van der Waals surface area (Å²) in [6.07, 6.45) is -21.4. The molecule has 1 aromatic heterocycles. The van der Waals surface area contributed by atoms with Gasteiger partial charge in [-0.15, -0.1) is 0 Å². The standard InChI is InChI=1S/C31H36O20/c32-6-16-20(38)23(41)26(44)31(49-16)47-10-4-13(35)18-15(5-10)48-27(9-1-2-11(33)12(34)3-9)28(22(18)40)51-30-25(43)21(39)17(8-46-30)50-29-24(42)19(37)14(36)7-45-29/h1-5,14,16-17,19-21,23-26,29-39,41-44H,6-8H2. The second-order valence-corrected chi connectivity index (χ2v) is 12.1.